The van der Waals surface area contributed by atoms with Gasteiger partial charge in [0.1, 0.15) is 0 Å². The average Bonchev–Trinajstić information content (AvgIpc) is 2.03. The van der Waals surface area contributed by atoms with Gasteiger partial charge in [0, 0.05) is 18.5 Å². The molecule has 0 N–H and O–H groups in total. The van der Waals surface area contributed by atoms with E-state index in [9.17, 15) is 0 Å². The van der Waals surface area contributed by atoms with Crippen LogP contribution in [-0.2, 0) is 0 Å². The second kappa shape index (κ2) is 3.86. The predicted molar refractivity (Wildman–Crippen MR) is 47.0 cm³/mol. The summed E-state index contributed by atoms with van der Waals surface area (Å²) < 4.78 is 0. The van der Waals surface area contributed by atoms with Crippen molar-refractivity contribution in [1.29, 1.82) is 0 Å². The van der Waals surface area contributed by atoms with Crippen molar-refractivity contribution < 1.29 is 0 Å². The van der Waals surface area contributed by atoms with Crippen LogP contribution in [0.15, 0.2) is 29.4 Å². The summed E-state index contributed by atoms with van der Waals surface area (Å²) in [6.07, 6.45) is 3.56. The Balaban J connectivity index is 2.65. The van der Waals surface area contributed by atoms with Crippen molar-refractivity contribution in [3.05, 3.63) is 30.1 Å². The molecule has 0 fully saturated rings. The smallest absolute Gasteiger partial charge is 0.0807 e. The van der Waals surface area contributed by atoms with Gasteiger partial charge in [-0.2, -0.15) is 0 Å². The molecular weight excluding hydrogens is 136 g/mol. The third kappa shape index (κ3) is 2.94. The van der Waals surface area contributed by atoms with Crippen molar-refractivity contribution >= 4 is 6.21 Å². The zero-order valence-electron chi connectivity index (χ0n) is 6.86. The van der Waals surface area contributed by atoms with E-state index in [-0.39, 0.29) is 0 Å². The molecule has 0 radical (unpaired) electrons. The van der Waals surface area contributed by atoms with Gasteiger partial charge < -0.3 is 0 Å². The van der Waals surface area contributed by atoms with Crippen LogP contribution in [0.25, 0.3) is 0 Å². The van der Waals surface area contributed by atoms with E-state index < -0.39 is 0 Å². The van der Waals surface area contributed by atoms with E-state index in [1.54, 1.807) is 12.4 Å². The number of aliphatic imine (C=N–C) groups is 1. The Kier molecular flexibility index (Phi) is 2.78. The second-order valence-corrected chi connectivity index (χ2v) is 2.63. The summed E-state index contributed by atoms with van der Waals surface area (Å²) in [4.78, 5) is 8.31. The van der Waals surface area contributed by atoms with Gasteiger partial charge in [-0.25, -0.2) is 0 Å². The minimum atomic E-state index is 0.344. The van der Waals surface area contributed by atoms with Crippen LogP contribution in [0.5, 0.6) is 0 Å². The number of hydrogen-bond donors (Lipinski definition) is 0. The largest absolute Gasteiger partial charge is 0.288 e. The van der Waals surface area contributed by atoms with Gasteiger partial charge in [0.2, 0.25) is 0 Å². The van der Waals surface area contributed by atoms with Crippen LogP contribution in [0.3, 0.4) is 0 Å². The molecule has 0 aliphatic heterocycles. The average molecular weight is 148 g/mol. The molecule has 1 heterocycles. The van der Waals surface area contributed by atoms with Gasteiger partial charge in [0.25, 0.3) is 0 Å². The first-order valence-corrected chi connectivity index (χ1v) is 3.73. The maximum atomic E-state index is 4.21. The van der Waals surface area contributed by atoms with Gasteiger partial charge in [-0.1, -0.05) is 6.07 Å². The van der Waals surface area contributed by atoms with Gasteiger partial charge in [0.15, 0.2) is 0 Å². The highest BCUT2D eigenvalue weighted by Gasteiger charge is 1.86. The lowest BCUT2D eigenvalue weighted by Crippen LogP contribution is -1.91. The van der Waals surface area contributed by atoms with E-state index in [0.29, 0.717) is 6.04 Å². The summed E-state index contributed by atoms with van der Waals surface area (Å²) in [6.45, 7) is 4.08. The molecule has 0 unspecified atom stereocenters. The maximum Gasteiger partial charge on any atom is 0.0807 e. The van der Waals surface area contributed by atoms with Crippen LogP contribution < -0.4 is 0 Å². The third-order valence-corrected chi connectivity index (χ3v) is 1.19. The second-order valence-electron chi connectivity index (χ2n) is 2.63. The number of nitrogens with zero attached hydrogens (tertiary/aromatic N) is 2. The Bertz CT molecular complexity index is 227. The fourth-order valence-corrected chi connectivity index (χ4v) is 0.678. The molecule has 58 valence electrons. The van der Waals surface area contributed by atoms with Crippen molar-refractivity contribution in [2.24, 2.45) is 4.99 Å². The topological polar surface area (TPSA) is 25.2 Å². The molecule has 2 nitrogen and oxygen atoms in total. The van der Waals surface area contributed by atoms with E-state index in [2.05, 4.69) is 9.98 Å². The molecular formula is C9H12N2. The molecule has 0 saturated carbocycles. The van der Waals surface area contributed by atoms with Gasteiger partial charge in [-0.15, -0.1) is 0 Å². The molecule has 0 saturated heterocycles. The zero-order chi connectivity index (χ0) is 8.10. The predicted octanol–water partition coefficient (Wildman–Crippen LogP) is 1.91. The molecule has 1 aromatic heterocycles. The van der Waals surface area contributed by atoms with Crippen LogP contribution in [-0.4, -0.2) is 17.2 Å². The molecule has 1 rings (SSSR count). The SMILES string of the molecule is CC(C)N=Cc1ccccn1. The quantitative estimate of drug-likeness (QED) is 0.588. The Morgan fingerprint density at radius 1 is 1.45 bits per heavy atom. The summed E-state index contributed by atoms with van der Waals surface area (Å²) in [5.74, 6) is 0. The number of pyridine rings is 1. The molecule has 0 aromatic carbocycles. The lowest BCUT2D eigenvalue weighted by atomic mass is 10.3. The van der Waals surface area contributed by atoms with Crippen LogP contribution >= 0.6 is 0 Å². The highest BCUT2D eigenvalue weighted by atomic mass is 14.8. The van der Waals surface area contributed by atoms with Gasteiger partial charge in [-0.05, 0) is 26.0 Å². The third-order valence-electron chi connectivity index (χ3n) is 1.19. The zero-order valence-corrected chi connectivity index (χ0v) is 6.86. The highest BCUT2D eigenvalue weighted by Crippen LogP contribution is 1.90. The molecule has 0 atom stereocenters. The Labute approximate surface area is 67.0 Å². The Hall–Kier alpha value is -1.18. The van der Waals surface area contributed by atoms with Crippen LogP contribution in [0.4, 0.5) is 0 Å². The molecule has 11 heavy (non-hydrogen) atoms. The van der Waals surface area contributed by atoms with E-state index >= 15 is 0 Å². The van der Waals surface area contributed by atoms with Crippen LogP contribution in [0.2, 0.25) is 0 Å². The highest BCUT2D eigenvalue weighted by molar-refractivity contribution is 5.76. The lowest BCUT2D eigenvalue weighted by Gasteiger charge is -1.93. The summed E-state index contributed by atoms with van der Waals surface area (Å²) in [7, 11) is 0. The van der Waals surface area contributed by atoms with Gasteiger partial charge in [-0.3, -0.25) is 9.98 Å². The Morgan fingerprint density at radius 2 is 2.27 bits per heavy atom. The molecule has 2 heteroatoms. The van der Waals surface area contributed by atoms with Crippen molar-refractivity contribution in [1.82, 2.24) is 4.98 Å². The van der Waals surface area contributed by atoms with E-state index in [4.69, 9.17) is 0 Å². The molecule has 0 aliphatic carbocycles. The fraction of sp³-hybridized carbons (Fsp3) is 0.333. The summed E-state index contributed by atoms with van der Waals surface area (Å²) in [6, 6.07) is 6.13. The molecule has 1 aromatic rings. The lowest BCUT2D eigenvalue weighted by molar-refractivity contribution is 0.840. The maximum absolute atomic E-state index is 4.21. The monoisotopic (exact) mass is 148 g/mol. The van der Waals surface area contributed by atoms with Gasteiger partial charge >= 0.3 is 0 Å². The minimum Gasteiger partial charge on any atom is -0.288 e. The minimum absolute atomic E-state index is 0.344. The first-order valence-electron chi connectivity index (χ1n) is 3.73. The molecule has 0 spiro atoms. The first-order chi connectivity index (χ1) is 5.29. The Morgan fingerprint density at radius 3 is 2.82 bits per heavy atom. The van der Waals surface area contributed by atoms with Crippen molar-refractivity contribution in [2.45, 2.75) is 19.9 Å². The van der Waals surface area contributed by atoms with Crippen LogP contribution in [0.1, 0.15) is 19.5 Å². The first kappa shape index (κ1) is 7.92. The van der Waals surface area contributed by atoms with Crippen molar-refractivity contribution in [3.63, 3.8) is 0 Å². The summed E-state index contributed by atoms with van der Waals surface area (Å²) in [5, 5.41) is 0. The standard InChI is InChI=1S/C9H12N2/c1-8(2)11-7-9-5-3-4-6-10-9/h3-8H,1-2H3. The number of hydrogen-bond acceptors (Lipinski definition) is 2. The van der Waals surface area contributed by atoms with Crippen molar-refractivity contribution in [3.8, 4) is 0 Å². The molecule has 0 amide bonds. The van der Waals surface area contributed by atoms with E-state index in [0.717, 1.165) is 5.69 Å². The molecule has 0 bridgehead atoms. The van der Waals surface area contributed by atoms with Crippen LogP contribution in [0, 0.1) is 0 Å². The van der Waals surface area contributed by atoms with Gasteiger partial charge in [0.05, 0.1) is 5.69 Å². The summed E-state index contributed by atoms with van der Waals surface area (Å²) >= 11 is 0. The van der Waals surface area contributed by atoms with E-state index in [1.807, 2.05) is 32.0 Å². The summed E-state index contributed by atoms with van der Waals surface area (Å²) in [5.41, 5.74) is 0.918. The molecule has 0 aliphatic rings. The number of rotatable bonds is 2. The van der Waals surface area contributed by atoms with Crippen molar-refractivity contribution in [2.75, 3.05) is 0 Å². The van der Waals surface area contributed by atoms with E-state index in [1.165, 1.54) is 0 Å². The normalized spacial score (nSPS) is 11.2. The number of aromatic nitrogens is 1. The fourth-order valence-electron chi connectivity index (χ4n) is 0.678.